The summed E-state index contributed by atoms with van der Waals surface area (Å²) in [7, 11) is -9.41. The Morgan fingerprint density at radius 1 is 0.833 bits per heavy atom. The molecule has 0 atom stereocenters. The number of hydrazone groups is 1. The number of nitrogens with zero attached hydrogens (tertiary/aromatic N) is 3. The molecular formula is C22H12K4N4O10S2. The molecule has 1 N–H and O–H groups in total. The molecule has 2 aromatic carbocycles. The summed E-state index contributed by atoms with van der Waals surface area (Å²) in [5.74, 6) is -2.42. The molecule has 0 spiro atoms. The van der Waals surface area contributed by atoms with Crippen molar-refractivity contribution in [2.24, 2.45) is 5.10 Å². The Hall–Kier alpha value is 1.91. The van der Waals surface area contributed by atoms with Crippen LogP contribution in [0.25, 0.3) is 11.8 Å². The zero-order valence-electron chi connectivity index (χ0n) is 22.6. The molecule has 1 aliphatic heterocycles. The van der Waals surface area contributed by atoms with E-state index in [4.69, 9.17) is 0 Å². The molecule has 3 aromatic rings. The van der Waals surface area contributed by atoms with Crippen LogP contribution in [0.3, 0.4) is 0 Å². The third-order valence-electron chi connectivity index (χ3n) is 5.10. The third-order valence-corrected chi connectivity index (χ3v) is 6.80. The van der Waals surface area contributed by atoms with Crippen LogP contribution in [0.15, 0.2) is 85.9 Å². The number of rotatable bonds is 7. The van der Waals surface area contributed by atoms with Crippen molar-refractivity contribution >= 4 is 50.1 Å². The molecule has 20 heteroatoms. The number of amides is 1. The van der Waals surface area contributed by atoms with Gasteiger partial charge in [-0.1, -0.05) is 6.08 Å². The normalized spacial score (nSPS) is 13.7. The van der Waals surface area contributed by atoms with Crippen LogP contribution in [0.5, 0.6) is 0 Å². The largest absolute Gasteiger partial charge is 1.00 e. The molecule has 0 radical (unpaired) electrons. The first kappa shape index (κ1) is 43.9. The molecule has 0 unspecified atom stereocenters. The minimum atomic E-state index is -4.73. The Morgan fingerprint density at radius 3 is 1.76 bits per heavy atom. The Kier molecular flexibility index (Phi) is 19.3. The van der Waals surface area contributed by atoms with E-state index in [1.54, 1.807) is 0 Å². The summed E-state index contributed by atoms with van der Waals surface area (Å²) >= 11 is 0. The Bertz CT molecular complexity index is 1830. The van der Waals surface area contributed by atoms with Gasteiger partial charge in [-0.15, -0.1) is 11.6 Å². The summed E-state index contributed by atoms with van der Waals surface area (Å²) in [6, 6.07) is 8.54. The molecular weight excluding hydrogens is 701 g/mol. The number of benzene rings is 2. The molecule has 14 nitrogen and oxygen atoms in total. The van der Waals surface area contributed by atoms with Crippen LogP contribution in [0, 0.1) is 0 Å². The van der Waals surface area contributed by atoms with Gasteiger partial charge in [-0.05, 0) is 54.7 Å². The average Bonchev–Trinajstić information content (AvgIpc) is 3.38. The predicted molar refractivity (Wildman–Crippen MR) is 125 cm³/mol. The van der Waals surface area contributed by atoms with Crippen LogP contribution >= 0.6 is 0 Å². The van der Waals surface area contributed by atoms with Gasteiger partial charge in [-0.2, -0.15) is 6.08 Å². The summed E-state index contributed by atoms with van der Waals surface area (Å²) in [6.07, 6.45) is 5.87. The van der Waals surface area contributed by atoms with Gasteiger partial charge in [-0.25, -0.2) is 21.5 Å². The molecule has 1 amide bonds. The maximum atomic E-state index is 12.8. The zero-order chi connectivity index (χ0) is 27.8. The van der Waals surface area contributed by atoms with Crippen molar-refractivity contribution in [2.45, 2.75) is 9.79 Å². The van der Waals surface area contributed by atoms with Crippen LogP contribution in [-0.4, -0.2) is 53.8 Å². The van der Waals surface area contributed by atoms with Crippen molar-refractivity contribution in [1.82, 2.24) is 9.78 Å². The van der Waals surface area contributed by atoms with Gasteiger partial charge in [0.15, 0.2) is 5.91 Å². The molecule has 1 aromatic heterocycles. The topological polar surface area (TPSA) is 225 Å². The number of carboxylic acids is 1. The van der Waals surface area contributed by atoms with Crippen molar-refractivity contribution in [2.75, 3.05) is 5.01 Å². The van der Waals surface area contributed by atoms with Crippen LogP contribution in [0.1, 0.15) is 16.1 Å². The second kappa shape index (κ2) is 18.4. The van der Waals surface area contributed by atoms with Crippen molar-refractivity contribution in [3.8, 4) is 5.69 Å². The molecule has 0 saturated carbocycles. The second-order valence-corrected chi connectivity index (χ2v) is 10.3. The minimum absolute atomic E-state index is 0. The van der Waals surface area contributed by atoms with Crippen LogP contribution in [0.2, 0.25) is 0 Å². The number of H-pyrrole nitrogens is 1. The molecule has 0 fully saturated rings. The Labute approximate surface area is 409 Å². The number of carboxylic acid groups (broad SMARTS) is 1. The van der Waals surface area contributed by atoms with Gasteiger partial charge in [0.25, 0.3) is 5.56 Å². The van der Waals surface area contributed by atoms with Crippen molar-refractivity contribution in [3.63, 3.8) is 0 Å². The van der Waals surface area contributed by atoms with Crippen molar-refractivity contribution < 1.29 is 246 Å². The number of allylic oxidation sites excluding steroid dienone is 2. The first-order valence-corrected chi connectivity index (χ1v) is 13.0. The molecule has 4 rings (SSSR count). The smallest absolute Gasteiger partial charge is 0.744 e. The van der Waals surface area contributed by atoms with E-state index in [1.165, 1.54) is 24.3 Å². The molecule has 0 saturated heterocycles. The van der Waals surface area contributed by atoms with Gasteiger partial charge in [-0.3, -0.25) is 20.0 Å². The maximum Gasteiger partial charge on any atom is 1.00 e. The second-order valence-electron chi connectivity index (χ2n) is 7.49. The summed E-state index contributed by atoms with van der Waals surface area (Å²) in [6.45, 7) is 0. The molecule has 42 heavy (non-hydrogen) atoms. The van der Waals surface area contributed by atoms with E-state index < -0.39 is 53.2 Å². The van der Waals surface area contributed by atoms with Crippen LogP contribution in [-0.2, 0) is 25.0 Å². The zero-order valence-corrected chi connectivity index (χ0v) is 36.7. The summed E-state index contributed by atoms with van der Waals surface area (Å²) in [5.41, 5.74) is -1.76. The Balaban J connectivity index is 0.00000420. The molecule has 0 aliphatic carbocycles. The van der Waals surface area contributed by atoms with Gasteiger partial charge >= 0.3 is 206 Å². The maximum absolute atomic E-state index is 12.8. The number of aromatic amines is 1. The monoisotopic (exact) mass is 712 g/mol. The molecule has 196 valence electrons. The fourth-order valence-electron chi connectivity index (χ4n) is 3.29. The van der Waals surface area contributed by atoms with E-state index in [9.17, 15) is 45.4 Å². The van der Waals surface area contributed by atoms with Crippen molar-refractivity contribution in [1.29, 1.82) is 0 Å². The molecule has 0 bridgehead atoms. The number of nitrogens with one attached hydrogen (secondary N) is 1. The van der Waals surface area contributed by atoms with Gasteiger partial charge in [0, 0.05) is 0 Å². The minimum Gasteiger partial charge on any atom is -0.744 e. The number of anilines is 1. The summed E-state index contributed by atoms with van der Waals surface area (Å²) in [4.78, 5) is 35.9. The number of aromatic nitrogens is 2. The van der Waals surface area contributed by atoms with E-state index in [0.717, 1.165) is 52.2 Å². The first-order chi connectivity index (χ1) is 17.8. The van der Waals surface area contributed by atoms with Gasteiger partial charge in [0.1, 0.15) is 20.2 Å². The fourth-order valence-corrected chi connectivity index (χ4v) is 4.23. The van der Waals surface area contributed by atoms with Crippen LogP contribution < -0.4 is 221 Å². The van der Waals surface area contributed by atoms with Gasteiger partial charge < -0.3 is 23.8 Å². The Morgan fingerprint density at radius 2 is 1.31 bits per heavy atom. The third kappa shape index (κ3) is 10.7. The quantitative estimate of drug-likeness (QED) is 0.105. The number of hydrogen-bond acceptors (Lipinski definition) is 11. The SMILES string of the molecule is O=C([O-])c1[nH]n(-c2ccc(S(=O)(=O)[O-])cc2)c(=O)c1/C=C/C=C1/[C-]=NN(c2ccc(S(=O)(=O)[O-])cc2)C1=O.[K+].[K+].[K+].[K+]. The summed E-state index contributed by atoms with van der Waals surface area (Å²) in [5, 5.41) is 18.5. The number of aromatic carboxylic acids is 1. The van der Waals surface area contributed by atoms with E-state index in [0.29, 0.717) is 0 Å². The number of hydrogen-bond donors (Lipinski definition) is 1. The molecule has 2 heterocycles. The predicted octanol–water partition coefficient (Wildman–Crippen LogP) is -12.8. The van der Waals surface area contributed by atoms with Gasteiger partial charge in [0.2, 0.25) is 0 Å². The van der Waals surface area contributed by atoms with E-state index in [-0.39, 0.29) is 228 Å². The fraction of sp³-hybridized carbons (Fsp3) is 0. The standard InChI is InChI=1S/C22H15N4O10S2.4K/c27-20-13(12-23-25(20)14-4-8-16(9-5-14)37(31,32)33)2-1-3-18-19(22(29)30)24-26(21(18)28)15-6-10-17(11-7-15)38(34,35)36;;;;/h1-11,24H,(H,29,30)(H,31,32,33)(H,34,35,36);;;;/q-1;4*+1/p-3/b3-1+,13-2-;;;;. The van der Waals surface area contributed by atoms with Gasteiger partial charge in [0.05, 0.1) is 38.4 Å². The van der Waals surface area contributed by atoms with Crippen LogP contribution in [0.4, 0.5) is 5.69 Å². The first-order valence-electron chi connectivity index (χ1n) is 10.2. The number of carbonyl (C=O) groups excluding carboxylic acids is 2. The summed E-state index contributed by atoms with van der Waals surface area (Å²) < 4.78 is 67.2. The molecule has 1 aliphatic rings. The van der Waals surface area contributed by atoms with E-state index in [1.807, 2.05) is 0 Å². The average molecular weight is 713 g/mol. The van der Waals surface area contributed by atoms with E-state index in [2.05, 4.69) is 16.4 Å². The number of carbonyl (C=O) groups is 2. The van der Waals surface area contributed by atoms with Crippen molar-refractivity contribution in [3.05, 3.63) is 87.9 Å². The van der Waals surface area contributed by atoms with E-state index >= 15 is 0 Å².